The highest BCUT2D eigenvalue weighted by atomic mass is 79.9. The fraction of sp³-hybridized carbons (Fsp3) is 0.118. The van der Waals surface area contributed by atoms with Crippen LogP contribution in [0.15, 0.2) is 40.9 Å². The predicted molar refractivity (Wildman–Crippen MR) is 86.1 cm³/mol. The van der Waals surface area contributed by atoms with Gasteiger partial charge in [-0.25, -0.2) is 4.79 Å². The number of carbonyl (C=O) groups is 1. The van der Waals surface area contributed by atoms with Crippen LogP contribution in [0.1, 0.15) is 28.4 Å². The Bertz CT molecular complexity index is 817. The second-order valence-electron chi connectivity index (χ2n) is 4.41. The zero-order valence-corrected chi connectivity index (χ0v) is 13.8. The highest BCUT2D eigenvalue weighted by Gasteiger charge is 2.17. The van der Waals surface area contributed by atoms with Crippen LogP contribution in [0.4, 0.5) is 0 Å². The Hall–Kier alpha value is -2.83. The number of nitriles is 2. The number of benzene rings is 2. The molecule has 0 aliphatic heterocycles. The predicted octanol–water partition coefficient (Wildman–Crippen LogP) is 3.81. The third kappa shape index (κ3) is 3.88. The molecule has 2 rings (SSSR count). The minimum atomic E-state index is -0.583. The lowest BCUT2D eigenvalue weighted by molar-refractivity contribution is 0.0727. The number of esters is 1. The number of hydrogen-bond donors (Lipinski definition) is 0. The quantitative estimate of drug-likeness (QED) is 0.603. The molecule has 5 nitrogen and oxygen atoms in total. The first kappa shape index (κ1) is 16.5. The van der Waals surface area contributed by atoms with Gasteiger partial charge in [-0.3, -0.25) is 0 Å². The lowest BCUT2D eigenvalue weighted by Gasteiger charge is -2.12. The summed E-state index contributed by atoms with van der Waals surface area (Å²) in [5.74, 6) is -0.0681. The van der Waals surface area contributed by atoms with Crippen molar-refractivity contribution in [1.29, 1.82) is 10.5 Å². The number of ether oxygens (including phenoxy) is 2. The molecule has 0 aliphatic rings. The van der Waals surface area contributed by atoms with Crippen molar-refractivity contribution in [3.05, 3.63) is 57.6 Å². The zero-order chi connectivity index (χ0) is 16.8. The van der Waals surface area contributed by atoms with Gasteiger partial charge in [0.1, 0.15) is 0 Å². The molecule has 0 atom stereocenters. The van der Waals surface area contributed by atoms with Gasteiger partial charge in [0.05, 0.1) is 39.9 Å². The second kappa shape index (κ2) is 7.44. The van der Waals surface area contributed by atoms with Crippen LogP contribution in [-0.2, 0) is 0 Å². The number of hydrogen-bond acceptors (Lipinski definition) is 5. The molecule has 23 heavy (non-hydrogen) atoms. The molecule has 6 heteroatoms. The summed E-state index contributed by atoms with van der Waals surface area (Å²) in [6, 6.07) is 13.1. The highest BCUT2D eigenvalue weighted by molar-refractivity contribution is 9.10. The Morgan fingerprint density at radius 3 is 2.35 bits per heavy atom. The van der Waals surface area contributed by atoms with Gasteiger partial charge in [-0.15, -0.1) is 0 Å². The van der Waals surface area contributed by atoms with Gasteiger partial charge in [-0.1, -0.05) is 0 Å². The average Bonchev–Trinajstić information content (AvgIpc) is 2.57. The van der Waals surface area contributed by atoms with Crippen LogP contribution in [-0.4, -0.2) is 12.6 Å². The Balaban J connectivity index is 2.33. The van der Waals surface area contributed by atoms with E-state index in [1.54, 1.807) is 13.0 Å². The van der Waals surface area contributed by atoms with Crippen molar-refractivity contribution in [3.63, 3.8) is 0 Å². The standard InChI is InChI=1S/C17H11BrN2O3/c1-2-22-15-8-12(10-20)7-14(18)16(15)23-17(21)13-5-3-11(9-19)4-6-13/h3-8H,2H2,1H3. The van der Waals surface area contributed by atoms with Crippen LogP contribution >= 0.6 is 15.9 Å². The third-order valence-corrected chi connectivity index (χ3v) is 3.47. The molecule has 0 fully saturated rings. The molecule has 0 amide bonds. The van der Waals surface area contributed by atoms with Gasteiger partial charge in [0, 0.05) is 6.07 Å². The van der Waals surface area contributed by atoms with Crippen molar-refractivity contribution in [2.75, 3.05) is 6.61 Å². The van der Waals surface area contributed by atoms with Crippen LogP contribution in [0.3, 0.4) is 0 Å². The minimum Gasteiger partial charge on any atom is -0.490 e. The summed E-state index contributed by atoms with van der Waals surface area (Å²) in [5.41, 5.74) is 1.15. The first-order valence-electron chi connectivity index (χ1n) is 6.67. The van der Waals surface area contributed by atoms with E-state index < -0.39 is 5.97 Å². The molecular formula is C17H11BrN2O3. The largest absolute Gasteiger partial charge is 0.490 e. The fourth-order valence-corrected chi connectivity index (χ4v) is 2.35. The van der Waals surface area contributed by atoms with Gasteiger partial charge in [-0.05, 0) is 53.2 Å². The van der Waals surface area contributed by atoms with Crippen molar-refractivity contribution in [1.82, 2.24) is 0 Å². The summed E-state index contributed by atoms with van der Waals surface area (Å²) in [7, 11) is 0. The number of rotatable bonds is 4. The van der Waals surface area contributed by atoms with Gasteiger partial charge < -0.3 is 9.47 Å². The maximum Gasteiger partial charge on any atom is 0.343 e. The van der Waals surface area contributed by atoms with Crippen LogP contribution in [0, 0.1) is 22.7 Å². The summed E-state index contributed by atoms with van der Waals surface area (Å²) in [5, 5.41) is 17.8. The Kier molecular flexibility index (Phi) is 5.35. The lowest BCUT2D eigenvalue weighted by atomic mass is 10.1. The maximum atomic E-state index is 12.2. The maximum absolute atomic E-state index is 12.2. The topological polar surface area (TPSA) is 83.1 Å². The van der Waals surface area contributed by atoms with E-state index in [0.29, 0.717) is 33.5 Å². The summed E-state index contributed by atoms with van der Waals surface area (Å²) < 4.78 is 11.3. The molecule has 0 aliphatic carbocycles. The summed E-state index contributed by atoms with van der Waals surface area (Å²) in [6.45, 7) is 2.15. The highest BCUT2D eigenvalue weighted by Crippen LogP contribution is 2.37. The van der Waals surface area contributed by atoms with Crippen LogP contribution in [0.5, 0.6) is 11.5 Å². The Morgan fingerprint density at radius 2 is 1.78 bits per heavy atom. The molecule has 2 aromatic rings. The summed E-state index contributed by atoms with van der Waals surface area (Å²) in [6.07, 6.45) is 0. The summed E-state index contributed by atoms with van der Waals surface area (Å²) in [4.78, 5) is 12.2. The van der Waals surface area contributed by atoms with Crippen LogP contribution in [0.25, 0.3) is 0 Å². The van der Waals surface area contributed by atoms with Gasteiger partial charge in [0.2, 0.25) is 0 Å². The molecule has 0 saturated heterocycles. The van der Waals surface area contributed by atoms with Crippen molar-refractivity contribution in [3.8, 4) is 23.6 Å². The molecule has 0 saturated carbocycles. The molecular weight excluding hydrogens is 360 g/mol. The van der Waals surface area contributed by atoms with E-state index in [2.05, 4.69) is 15.9 Å². The smallest absolute Gasteiger partial charge is 0.343 e. The van der Waals surface area contributed by atoms with Gasteiger partial charge in [0.15, 0.2) is 11.5 Å². The first-order chi connectivity index (χ1) is 11.1. The zero-order valence-electron chi connectivity index (χ0n) is 12.2. The molecule has 0 radical (unpaired) electrons. The third-order valence-electron chi connectivity index (χ3n) is 2.88. The molecule has 0 unspecified atom stereocenters. The van der Waals surface area contributed by atoms with E-state index in [-0.39, 0.29) is 5.75 Å². The second-order valence-corrected chi connectivity index (χ2v) is 5.26. The van der Waals surface area contributed by atoms with Crippen molar-refractivity contribution < 1.29 is 14.3 Å². The SMILES string of the molecule is CCOc1cc(C#N)cc(Br)c1OC(=O)c1ccc(C#N)cc1. The molecule has 0 N–H and O–H groups in total. The molecule has 0 aromatic heterocycles. The van der Waals surface area contributed by atoms with E-state index in [0.717, 1.165) is 0 Å². The van der Waals surface area contributed by atoms with Crippen molar-refractivity contribution in [2.45, 2.75) is 6.92 Å². The van der Waals surface area contributed by atoms with Gasteiger partial charge >= 0.3 is 5.97 Å². The fourth-order valence-electron chi connectivity index (χ4n) is 1.83. The van der Waals surface area contributed by atoms with Crippen molar-refractivity contribution in [2.24, 2.45) is 0 Å². The van der Waals surface area contributed by atoms with E-state index in [4.69, 9.17) is 20.0 Å². The van der Waals surface area contributed by atoms with E-state index in [9.17, 15) is 4.79 Å². The molecule has 114 valence electrons. The molecule has 0 bridgehead atoms. The number of halogens is 1. The lowest BCUT2D eigenvalue weighted by Crippen LogP contribution is -2.10. The Morgan fingerprint density at radius 1 is 1.13 bits per heavy atom. The van der Waals surface area contributed by atoms with E-state index in [1.165, 1.54) is 30.3 Å². The number of carbonyl (C=O) groups excluding carboxylic acids is 1. The van der Waals surface area contributed by atoms with Crippen LogP contribution in [0.2, 0.25) is 0 Å². The van der Waals surface area contributed by atoms with Gasteiger partial charge in [0.25, 0.3) is 0 Å². The number of nitrogens with zero attached hydrogens (tertiary/aromatic N) is 2. The van der Waals surface area contributed by atoms with Crippen LogP contribution < -0.4 is 9.47 Å². The normalized spacial score (nSPS) is 9.57. The van der Waals surface area contributed by atoms with Crippen molar-refractivity contribution >= 4 is 21.9 Å². The summed E-state index contributed by atoms with van der Waals surface area (Å²) >= 11 is 3.28. The minimum absolute atomic E-state index is 0.209. The van der Waals surface area contributed by atoms with Gasteiger partial charge in [-0.2, -0.15) is 10.5 Å². The molecule has 2 aromatic carbocycles. The molecule has 0 heterocycles. The molecule has 0 spiro atoms. The monoisotopic (exact) mass is 370 g/mol. The first-order valence-corrected chi connectivity index (χ1v) is 7.47. The van der Waals surface area contributed by atoms with E-state index >= 15 is 0 Å². The Labute approximate surface area is 141 Å². The average molecular weight is 371 g/mol. The van der Waals surface area contributed by atoms with E-state index in [1.807, 2.05) is 12.1 Å².